The smallest absolute Gasteiger partial charge is 0.434 e. The number of rotatable bonds is 7. The minimum atomic E-state index is -5.04. The van der Waals surface area contributed by atoms with E-state index >= 15 is 0 Å². The van der Waals surface area contributed by atoms with Gasteiger partial charge < -0.3 is 9.84 Å². The number of alkyl halides is 6. The van der Waals surface area contributed by atoms with E-state index in [9.17, 15) is 36.2 Å². The third-order valence-corrected chi connectivity index (χ3v) is 7.60. The molecule has 0 radical (unpaired) electrons. The molecule has 2 aromatic heterocycles. The molecule has 1 aliphatic rings. The lowest BCUT2D eigenvalue weighted by Gasteiger charge is -2.30. The van der Waals surface area contributed by atoms with Crippen LogP contribution in [0.25, 0.3) is 17.1 Å². The number of hydrogen-bond donors (Lipinski definition) is 1. The van der Waals surface area contributed by atoms with Crippen LogP contribution in [0.4, 0.5) is 26.3 Å². The van der Waals surface area contributed by atoms with Crippen molar-refractivity contribution in [2.75, 3.05) is 0 Å². The third kappa shape index (κ3) is 6.76. The van der Waals surface area contributed by atoms with Crippen LogP contribution in [0, 0.1) is 5.92 Å². The Morgan fingerprint density at radius 3 is 2.30 bits per heavy atom. The Kier molecular flexibility index (Phi) is 8.37. The normalized spacial score (nSPS) is 17.6. The maximum Gasteiger partial charge on any atom is 0.434 e. The van der Waals surface area contributed by atoms with Crippen LogP contribution in [0.1, 0.15) is 58.8 Å². The van der Waals surface area contributed by atoms with E-state index < -0.39 is 35.5 Å². The lowest BCUT2D eigenvalue weighted by molar-refractivity contribution is -0.182. The third-order valence-electron chi connectivity index (χ3n) is 7.36. The minimum Gasteiger partial charge on any atom is -0.488 e. The van der Waals surface area contributed by atoms with E-state index in [1.165, 1.54) is 12.3 Å². The molecule has 43 heavy (non-hydrogen) atoms. The van der Waals surface area contributed by atoms with Crippen molar-refractivity contribution in [2.24, 2.45) is 5.92 Å². The first-order valence-electron chi connectivity index (χ1n) is 13.1. The number of aromatic carboxylic acids is 1. The fourth-order valence-electron chi connectivity index (χ4n) is 5.17. The summed E-state index contributed by atoms with van der Waals surface area (Å²) in [5.41, 5.74) is -0.385. The van der Waals surface area contributed by atoms with E-state index in [4.69, 9.17) is 16.3 Å². The van der Waals surface area contributed by atoms with Gasteiger partial charge in [-0.25, -0.2) is 14.5 Å². The second-order valence-electron chi connectivity index (χ2n) is 10.1. The Balaban J connectivity index is 1.34. The molecular weight excluding hydrogens is 602 g/mol. The SMILES string of the molecule is O=C(O)c1cnn(-c2cncc(-c3cc(Cl)ccc3OCc3ccc(C4CCC(C(F)(F)F)CC4)cc3)n2)c1C(F)(F)F. The van der Waals surface area contributed by atoms with E-state index in [2.05, 4.69) is 15.1 Å². The van der Waals surface area contributed by atoms with Gasteiger partial charge in [0, 0.05) is 10.6 Å². The van der Waals surface area contributed by atoms with E-state index in [1.54, 1.807) is 12.1 Å². The van der Waals surface area contributed by atoms with Crippen LogP contribution in [0.15, 0.2) is 61.1 Å². The molecule has 1 fully saturated rings. The molecular formula is C29H23ClF6N4O3. The Bertz CT molecular complexity index is 1610. The number of carboxylic acids is 1. The Morgan fingerprint density at radius 1 is 0.977 bits per heavy atom. The number of benzene rings is 2. The maximum atomic E-state index is 13.7. The van der Waals surface area contributed by atoms with Crippen molar-refractivity contribution in [1.82, 2.24) is 19.7 Å². The highest BCUT2D eigenvalue weighted by atomic mass is 35.5. The van der Waals surface area contributed by atoms with Crippen molar-refractivity contribution in [3.05, 3.63) is 88.5 Å². The molecule has 1 N–H and O–H groups in total. The molecule has 14 heteroatoms. The maximum absolute atomic E-state index is 13.7. The number of hydrogen-bond acceptors (Lipinski definition) is 5. The molecule has 1 saturated carbocycles. The van der Waals surface area contributed by atoms with Crippen LogP contribution >= 0.6 is 11.6 Å². The summed E-state index contributed by atoms with van der Waals surface area (Å²) in [7, 11) is 0. The predicted molar refractivity (Wildman–Crippen MR) is 143 cm³/mol. The molecule has 0 amide bonds. The van der Waals surface area contributed by atoms with Crippen LogP contribution in [0.3, 0.4) is 0 Å². The van der Waals surface area contributed by atoms with Gasteiger partial charge in [-0.05, 0) is 60.9 Å². The first-order valence-corrected chi connectivity index (χ1v) is 13.5. The number of aromatic nitrogens is 4. The molecule has 0 aliphatic heterocycles. The van der Waals surface area contributed by atoms with Crippen molar-refractivity contribution in [2.45, 2.75) is 50.6 Å². The number of carboxylic acid groups (broad SMARTS) is 1. The largest absolute Gasteiger partial charge is 0.488 e. The average Bonchev–Trinajstić information content (AvgIpc) is 3.43. The van der Waals surface area contributed by atoms with E-state index in [0.717, 1.165) is 17.3 Å². The van der Waals surface area contributed by atoms with E-state index in [-0.39, 0.29) is 36.9 Å². The van der Waals surface area contributed by atoms with Crippen molar-refractivity contribution in [1.29, 1.82) is 0 Å². The summed E-state index contributed by atoms with van der Waals surface area (Å²) in [5.74, 6) is -3.06. The van der Waals surface area contributed by atoms with E-state index in [0.29, 0.717) is 40.1 Å². The summed E-state index contributed by atoms with van der Waals surface area (Å²) in [6.07, 6.45) is -5.14. The van der Waals surface area contributed by atoms with Gasteiger partial charge in [-0.2, -0.15) is 31.4 Å². The number of carbonyl (C=O) groups is 1. The van der Waals surface area contributed by atoms with Gasteiger partial charge >= 0.3 is 18.3 Å². The molecule has 4 aromatic rings. The molecule has 5 rings (SSSR count). The summed E-state index contributed by atoms with van der Waals surface area (Å²) in [4.78, 5) is 19.6. The predicted octanol–water partition coefficient (Wildman–Crippen LogP) is 8.11. The quantitative estimate of drug-likeness (QED) is 0.209. The lowest BCUT2D eigenvalue weighted by Crippen LogP contribution is -2.27. The summed E-state index contributed by atoms with van der Waals surface area (Å²) in [6, 6.07) is 12.0. The second-order valence-corrected chi connectivity index (χ2v) is 10.6. The van der Waals surface area contributed by atoms with Gasteiger partial charge in [-0.1, -0.05) is 35.9 Å². The molecule has 0 spiro atoms. The minimum absolute atomic E-state index is 0.0570. The first kappa shape index (κ1) is 30.3. The summed E-state index contributed by atoms with van der Waals surface area (Å²) < 4.78 is 86.5. The fourth-order valence-corrected chi connectivity index (χ4v) is 5.34. The molecule has 0 unspecified atom stereocenters. The molecule has 0 saturated heterocycles. The molecule has 0 bridgehead atoms. The van der Waals surface area contributed by atoms with Gasteiger partial charge in [0.05, 0.1) is 30.2 Å². The van der Waals surface area contributed by atoms with Crippen molar-refractivity contribution in [3.63, 3.8) is 0 Å². The average molecular weight is 625 g/mol. The van der Waals surface area contributed by atoms with Gasteiger partial charge in [0.2, 0.25) is 0 Å². The molecule has 2 heterocycles. The standard InChI is InChI=1S/C29H23ClF6N4O3/c30-20-9-10-24(43-15-16-1-3-17(4-2-16)18-5-7-19(8-6-18)28(31,32)33)21(11-20)23-13-37-14-25(39-23)40-26(29(34,35)36)22(12-38-40)27(41)42/h1-4,9-14,18-19H,5-8,15H2,(H,41,42). The van der Waals surface area contributed by atoms with Crippen LogP contribution in [-0.4, -0.2) is 37.0 Å². The highest BCUT2D eigenvalue weighted by Crippen LogP contribution is 2.43. The molecule has 0 atom stereocenters. The molecule has 2 aromatic carbocycles. The van der Waals surface area contributed by atoms with Gasteiger partial charge in [-0.15, -0.1) is 0 Å². The fraction of sp³-hybridized carbons (Fsp3) is 0.310. The Labute approximate surface area is 246 Å². The van der Waals surface area contributed by atoms with Crippen molar-refractivity contribution >= 4 is 17.6 Å². The van der Waals surface area contributed by atoms with Gasteiger partial charge in [0.25, 0.3) is 0 Å². The zero-order valence-corrected chi connectivity index (χ0v) is 22.9. The topological polar surface area (TPSA) is 90.1 Å². The highest BCUT2D eigenvalue weighted by molar-refractivity contribution is 6.31. The van der Waals surface area contributed by atoms with Gasteiger partial charge in [0.1, 0.15) is 17.9 Å². The molecule has 7 nitrogen and oxygen atoms in total. The van der Waals surface area contributed by atoms with Crippen LogP contribution in [0.5, 0.6) is 5.75 Å². The highest BCUT2D eigenvalue weighted by Gasteiger charge is 2.42. The number of halogens is 7. The zero-order chi connectivity index (χ0) is 30.9. The van der Waals surface area contributed by atoms with Crippen LogP contribution in [0.2, 0.25) is 5.02 Å². The van der Waals surface area contributed by atoms with E-state index in [1.807, 2.05) is 24.3 Å². The van der Waals surface area contributed by atoms with Gasteiger partial charge in [0.15, 0.2) is 11.5 Å². The molecule has 1 aliphatic carbocycles. The lowest BCUT2D eigenvalue weighted by atomic mass is 9.78. The van der Waals surface area contributed by atoms with Gasteiger partial charge in [-0.3, -0.25) is 4.98 Å². The Morgan fingerprint density at radius 2 is 1.67 bits per heavy atom. The first-order chi connectivity index (χ1) is 20.3. The second kappa shape index (κ2) is 11.9. The summed E-state index contributed by atoms with van der Waals surface area (Å²) in [6.45, 7) is 0.0994. The molecule has 226 valence electrons. The summed E-state index contributed by atoms with van der Waals surface area (Å²) >= 11 is 6.19. The number of ether oxygens (including phenoxy) is 1. The Hall–Kier alpha value is -4.13. The summed E-state index contributed by atoms with van der Waals surface area (Å²) in [5, 5.41) is 13.1. The zero-order valence-electron chi connectivity index (χ0n) is 22.2. The van der Waals surface area contributed by atoms with Crippen molar-refractivity contribution in [3.8, 4) is 22.8 Å². The number of nitrogens with zero attached hydrogens (tertiary/aromatic N) is 4. The van der Waals surface area contributed by atoms with Crippen molar-refractivity contribution < 1.29 is 41.0 Å². The van der Waals surface area contributed by atoms with Crippen LogP contribution in [-0.2, 0) is 12.8 Å². The van der Waals surface area contributed by atoms with Crippen LogP contribution < -0.4 is 4.74 Å². The monoisotopic (exact) mass is 624 g/mol.